The van der Waals surface area contributed by atoms with Crippen LogP contribution in [0.25, 0.3) is 0 Å². The molecule has 21 heavy (non-hydrogen) atoms. The van der Waals surface area contributed by atoms with Crippen LogP contribution >= 0.6 is 27.5 Å². The van der Waals surface area contributed by atoms with Gasteiger partial charge in [0.2, 0.25) is 0 Å². The Balaban J connectivity index is 2.46. The van der Waals surface area contributed by atoms with Crippen LogP contribution in [0.3, 0.4) is 0 Å². The zero-order valence-electron chi connectivity index (χ0n) is 11.1. The molecular weight excluding hydrogens is 362 g/mol. The Hall–Kier alpha value is -1.44. The van der Waals surface area contributed by atoms with Gasteiger partial charge in [-0.3, -0.25) is 5.10 Å². The molecule has 0 saturated heterocycles. The molecule has 1 unspecified atom stereocenters. The molecule has 112 valence electrons. The van der Waals surface area contributed by atoms with Crippen molar-refractivity contribution in [3.05, 3.63) is 45.4 Å². The van der Waals surface area contributed by atoms with Gasteiger partial charge in [0.25, 0.3) is 0 Å². The molecule has 0 bridgehead atoms. The van der Waals surface area contributed by atoms with Gasteiger partial charge in [-0.2, -0.15) is 5.10 Å². The second-order valence-corrected chi connectivity index (χ2v) is 5.64. The van der Waals surface area contributed by atoms with Crippen molar-refractivity contribution in [2.75, 3.05) is 6.61 Å². The first-order chi connectivity index (χ1) is 9.97. The first-order valence-electron chi connectivity index (χ1n) is 6.16. The van der Waals surface area contributed by atoms with E-state index in [-0.39, 0.29) is 23.6 Å². The van der Waals surface area contributed by atoms with Crippen molar-refractivity contribution in [3.63, 3.8) is 0 Å². The number of halogens is 2. The number of hydrogen-bond donors (Lipinski definition) is 2. The minimum absolute atomic E-state index is 0.118. The van der Waals surface area contributed by atoms with Crippen LogP contribution in [0.15, 0.2) is 29.0 Å². The molecule has 0 aliphatic carbocycles. The summed E-state index contributed by atoms with van der Waals surface area (Å²) in [5.74, 6) is -0.435. The third kappa shape index (κ3) is 3.42. The summed E-state index contributed by atoms with van der Waals surface area (Å²) >= 11 is 9.43. The van der Waals surface area contributed by atoms with Crippen molar-refractivity contribution < 1.29 is 14.6 Å². The molecule has 1 aromatic carbocycles. The Morgan fingerprint density at radius 3 is 2.90 bits per heavy atom. The summed E-state index contributed by atoms with van der Waals surface area (Å²) in [6, 6.07) is 4.85. The van der Waals surface area contributed by atoms with Crippen molar-refractivity contribution >= 4 is 33.5 Å². The first-order valence-corrected chi connectivity index (χ1v) is 7.34. The van der Waals surface area contributed by atoms with Crippen molar-refractivity contribution in [2.24, 2.45) is 0 Å². The topological polar surface area (TPSA) is 88.1 Å². The average Bonchev–Trinajstić information content (AvgIpc) is 2.91. The Kier molecular flexibility index (Phi) is 4.97. The van der Waals surface area contributed by atoms with Gasteiger partial charge in [0, 0.05) is 15.1 Å². The number of aliphatic hydroxyl groups is 1. The van der Waals surface area contributed by atoms with Crippen molar-refractivity contribution in [1.29, 1.82) is 0 Å². The summed E-state index contributed by atoms with van der Waals surface area (Å²) in [5, 5.41) is 17.4. The van der Waals surface area contributed by atoms with Crippen LogP contribution in [0.5, 0.6) is 0 Å². The zero-order valence-corrected chi connectivity index (χ0v) is 13.5. The number of carbonyl (C=O) groups is 1. The Labute approximate surface area is 134 Å². The van der Waals surface area contributed by atoms with Gasteiger partial charge in [0.1, 0.15) is 12.2 Å². The van der Waals surface area contributed by atoms with Crippen molar-refractivity contribution in [3.8, 4) is 0 Å². The van der Waals surface area contributed by atoms with E-state index in [2.05, 4.69) is 31.1 Å². The number of carbonyl (C=O) groups excluding carboxylic acids is 1. The monoisotopic (exact) mass is 373 g/mol. The first kappa shape index (κ1) is 15.9. The molecule has 8 heteroatoms. The van der Waals surface area contributed by atoms with Gasteiger partial charge in [0.05, 0.1) is 13.0 Å². The molecule has 0 saturated carbocycles. The third-order valence-corrected chi connectivity index (χ3v) is 3.68. The molecule has 6 nitrogen and oxygen atoms in total. The summed E-state index contributed by atoms with van der Waals surface area (Å²) in [5.41, 5.74) is -1.69. The molecule has 0 amide bonds. The van der Waals surface area contributed by atoms with Crippen LogP contribution in [0, 0.1) is 0 Å². The fourth-order valence-corrected chi connectivity index (χ4v) is 2.74. The van der Waals surface area contributed by atoms with Crippen molar-refractivity contribution in [1.82, 2.24) is 15.2 Å². The Bertz CT molecular complexity index is 636. The highest BCUT2D eigenvalue weighted by atomic mass is 79.9. The smallest absolute Gasteiger partial charge is 0.343 e. The van der Waals surface area contributed by atoms with Crippen LogP contribution in [-0.4, -0.2) is 32.9 Å². The number of esters is 1. The molecule has 0 aliphatic heterocycles. The molecule has 1 heterocycles. The molecule has 1 atom stereocenters. The minimum Gasteiger partial charge on any atom is -0.464 e. The molecule has 0 radical (unpaired) electrons. The number of benzene rings is 1. The summed E-state index contributed by atoms with van der Waals surface area (Å²) in [6.45, 7) is 1.81. The fourth-order valence-electron chi connectivity index (χ4n) is 1.91. The number of nitrogens with zero attached hydrogens (tertiary/aromatic N) is 2. The van der Waals surface area contributed by atoms with E-state index in [1.807, 2.05) is 0 Å². The van der Waals surface area contributed by atoms with E-state index in [1.54, 1.807) is 25.1 Å². The number of aromatic nitrogens is 3. The Morgan fingerprint density at radius 1 is 1.57 bits per heavy atom. The van der Waals surface area contributed by atoms with E-state index in [1.165, 1.54) is 6.33 Å². The number of hydrogen-bond acceptors (Lipinski definition) is 5. The standard InChI is InChI=1S/C13H13BrClN3O3/c1-2-21-12(19)13(20,6-11-16-7-17-18-11)9-4-3-8(14)5-10(9)15/h3-5,7,20H,2,6H2,1H3,(H,16,17,18). The minimum atomic E-state index is -1.94. The highest BCUT2D eigenvalue weighted by molar-refractivity contribution is 9.10. The maximum absolute atomic E-state index is 12.2. The molecule has 1 aromatic heterocycles. The Morgan fingerprint density at radius 2 is 2.33 bits per heavy atom. The van der Waals surface area contributed by atoms with Crippen LogP contribution in [-0.2, 0) is 21.6 Å². The molecule has 0 spiro atoms. The van der Waals surface area contributed by atoms with Crippen LogP contribution in [0.2, 0.25) is 5.02 Å². The number of rotatable bonds is 5. The van der Waals surface area contributed by atoms with Gasteiger partial charge >= 0.3 is 5.97 Å². The SMILES string of the molecule is CCOC(=O)C(O)(Cc1ncn[nH]1)c1ccc(Br)cc1Cl. The van der Waals surface area contributed by atoms with Crippen LogP contribution in [0.1, 0.15) is 18.3 Å². The second-order valence-electron chi connectivity index (χ2n) is 4.31. The molecule has 0 fully saturated rings. The third-order valence-electron chi connectivity index (χ3n) is 2.88. The normalized spacial score (nSPS) is 13.7. The maximum atomic E-state index is 12.2. The van der Waals surface area contributed by atoms with Crippen molar-refractivity contribution in [2.45, 2.75) is 18.9 Å². The van der Waals surface area contributed by atoms with Gasteiger partial charge < -0.3 is 9.84 Å². The predicted molar refractivity (Wildman–Crippen MR) is 79.8 cm³/mol. The summed E-state index contributed by atoms with van der Waals surface area (Å²) < 4.78 is 5.71. The van der Waals surface area contributed by atoms with Gasteiger partial charge in [-0.1, -0.05) is 33.6 Å². The number of aromatic amines is 1. The van der Waals surface area contributed by atoms with E-state index in [4.69, 9.17) is 16.3 Å². The molecule has 2 N–H and O–H groups in total. The van der Waals surface area contributed by atoms with Crippen LogP contribution in [0.4, 0.5) is 0 Å². The highest BCUT2D eigenvalue weighted by Gasteiger charge is 2.42. The van der Waals surface area contributed by atoms with E-state index in [9.17, 15) is 9.90 Å². The lowest BCUT2D eigenvalue weighted by Gasteiger charge is -2.26. The maximum Gasteiger partial charge on any atom is 0.343 e. The lowest BCUT2D eigenvalue weighted by atomic mass is 9.90. The quantitative estimate of drug-likeness (QED) is 0.784. The molecule has 0 aliphatic rings. The number of ether oxygens (including phenoxy) is 1. The van der Waals surface area contributed by atoms with Gasteiger partial charge in [-0.25, -0.2) is 9.78 Å². The molecule has 2 rings (SSSR count). The fraction of sp³-hybridized carbons (Fsp3) is 0.308. The van der Waals surface area contributed by atoms with Crippen LogP contribution < -0.4 is 0 Å². The lowest BCUT2D eigenvalue weighted by molar-refractivity contribution is -0.166. The van der Waals surface area contributed by atoms with E-state index < -0.39 is 11.6 Å². The van der Waals surface area contributed by atoms with Gasteiger partial charge in [-0.15, -0.1) is 0 Å². The zero-order chi connectivity index (χ0) is 15.5. The largest absolute Gasteiger partial charge is 0.464 e. The average molecular weight is 375 g/mol. The van der Waals surface area contributed by atoms with E-state index in [0.717, 1.165) is 4.47 Å². The predicted octanol–water partition coefficient (Wildman–Crippen LogP) is 2.21. The molecular formula is C13H13BrClN3O3. The lowest BCUT2D eigenvalue weighted by Crippen LogP contribution is -2.40. The highest BCUT2D eigenvalue weighted by Crippen LogP contribution is 2.33. The molecule has 2 aromatic rings. The van der Waals surface area contributed by atoms with E-state index in [0.29, 0.717) is 5.82 Å². The summed E-state index contributed by atoms with van der Waals surface area (Å²) in [4.78, 5) is 16.2. The number of nitrogens with one attached hydrogen (secondary N) is 1. The number of H-pyrrole nitrogens is 1. The second kappa shape index (κ2) is 6.55. The van der Waals surface area contributed by atoms with Gasteiger partial charge in [0.15, 0.2) is 5.60 Å². The van der Waals surface area contributed by atoms with Gasteiger partial charge in [-0.05, 0) is 19.1 Å². The summed E-state index contributed by atoms with van der Waals surface area (Å²) in [7, 11) is 0. The summed E-state index contributed by atoms with van der Waals surface area (Å²) in [6.07, 6.45) is 1.18. The van der Waals surface area contributed by atoms with E-state index >= 15 is 0 Å².